The Balaban J connectivity index is 1.52. The van der Waals surface area contributed by atoms with Gasteiger partial charge in [-0.3, -0.25) is 0 Å². The number of hydrogen-bond donors (Lipinski definition) is 0. The van der Waals surface area contributed by atoms with Crippen LogP contribution in [0.4, 0.5) is 0 Å². The zero-order valence-electron chi connectivity index (χ0n) is 19.6. The van der Waals surface area contributed by atoms with E-state index in [9.17, 15) is 0 Å². The highest BCUT2D eigenvalue weighted by atomic mass is 32.1. The molecular formula is C29H24S4. The second kappa shape index (κ2) is 6.57. The van der Waals surface area contributed by atoms with Crippen molar-refractivity contribution in [2.45, 2.75) is 47.0 Å². The molecule has 0 aliphatic heterocycles. The van der Waals surface area contributed by atoms with Crippen LogP contribution in [-0.4, -0.2) is 0 Å². The average molecular weight is 501 g/mol. The molecular weight excluding hydrogens is 477 g/mol. The first-order valence-corrected chi connectivity index (χ1v) is 14.6. The van der Waals surface area contributed by atoms with Crippen LogP contribution >= 0.6 is 45.3 Å². The number of fused-ring (bicyclic) bond motifs is 9. The molecule has 0 bridgehead atoms. The monoisotopic (exact) mass is 500 g/mol. The van der Waals surface area contributed by atoms with E-state index in [0.29, 0.717) is 0 Å². The highest BCUT2D eigenvalue weighted by Crippen LogP contribution is 2.57. The van der Waals surface area contributed by atoms with Gasteiger partial charge in [0, 0.05) is 45.5 Å². The molecule has 0 saturated carbocycles. The summed E-state index contributed by atoms with van der Waals surface area (Å²) in [7, 11) is 0. The van der Waals surface area contributed by atoms with Gasteiger partial charge in [0.15, 0.2) is 0 Å². The van der Waals surface area contributed by atoms with Gasteiger partial charge >= 0.3 is 0 Å². The number of benzene rings is 2. The molecule has 0 unspecified atom stereocenters. The van der Waals surface area contributed by atoms with Crippen molar-refractivity contribution in [3.05, 3.63) is 68.4 Å². The van der Waals surface area contributed by atoms with Crippen molar-refractivity contribution < 1.29 is 0 Å². The van der Waals surface area contributed by atoms with Crippen LogP contribution in [0.2, 0.25) is 0 Å². The predicted octanol–water partition coefficient (Wildman–Crippen LogP) is 10.6. The van der Waals surface area contributed by atoms with E-state index in [4.69, 9.17) is 0 Å². The maximum Gasteiger partial charge on any atom is 0.0534 e. The van der Waals surface area contributed by atoms with Crippen molar-refractivity contribution in [3.8, 4) is 19.5 Å². The van der Waals surface area contributed by atoms with Gasteiger partial charge in [0.1, 0.15) is 0 Å². The Hall–Kier alpha value is -1.98. The van der Waals surface area contributed by atoms with Crippen LogP contribution in [0.25, 0.3) is 50.5 Å². The number of thiophene rings is 4. The van der Waals surface area contributed by atoms with E-state index in [1.807, 2.05) is 45.3 Å². The summed E-state index contributed by atoms with van der Waals surface area (Å²) in [6, 6.07) is 14.6. The van der Waals surface area contributed by atoms with Crippen LogP contribution in [0.1, 0.15) is 45.9 Å². The Morgan fingerprint density at radius 3 is 1.79 bits per heavy atom. The van der Waals surface area contributed by atoms with Gasteiger partial charge in [-0.2, -0.15) is 0 Å². The van der Waals surface area contributed by atoms with Gasteiger partial charge in [0.05, 0.1) is 9.40 Å². The normalized spacial score (nSPS) is 14.6. The van der Waals surface area contributed by atoms with Gasteiger partial charge in [-0.25, -0.2) is 0 Å². The molecule has 0 fully saturated rings. The molecule has 7 rings (SSSR count). The molecule has 0 nitrogen and oxygen atoms in total. The van der Waals surface area contributed by atoms with Crippen molar-refractivity contribution in [3.63, 3.8) is 0 Å². The maximum absolute atomic E-state index is 2.49. The lowest BCUT2D eigenvalue weighted by atomic mass is 9.84. The van der Waals surface area contributed by atoms with Crippen LogP contribution in [0, 0.1) is 27.7 Å². The summed E-state index contributed by atoms with van der Waals surface area (Å²) >= 11 is 7.89. The fourth-order valence-corrected chi connectivity index (χ4v) is 10.5. The standard InChI is InChI=1S/C29H24S4/c1-13-7-17-18(8-14(13)2)20-11-23(32-26(20)25-19(17)9-15(3)30-25)24-12-22-28(33-24)27-21(29(22,5)6)10-16(4)31-27/h7-12H,1-6H3. The summed E-state index contributed by atoms with van der Waals surface area (Å²) < 4.78 is 2.91. The van der Waals surface area contributed by atoms with Crippen molar-refractivity contribution in [2.75, 3.05) is 0 Å². The highest BCUT2D eigenvalue weighted by molar-refractivity contribution is 7.31. The summed E-state index contributed by atoms with van der Waals surface area (Å²) in [6.45, 7) is 13.7. The van der Waals surface area contributed by atoms with E-state index in [-0.39, 0.29) is 5.41 Å². The summed E-state index contributed by atoms with van der Waals surface area (Å²) in [4.78, 5) is 8.64. The van der Waals surface area contributed by atoms with Crippen LogP contribution in [0.15, 0.2) is 36.4 Å². The number of aryl methyl sites for hydroxylation is 4. The van der Waals surface area contributed by atoms with E-state index in [1.165, 1.54) is 82.5 Å². The second-order valence-electron chi connectivity index (χ2n) is 10.0. The van der Waals surface area contributed by atoms with E-state index in [0.717, 1.165) is 0 Å². The van der Waals surface area contributed by atoms with E-state index < -0.39 is 0 Å². The van der Waals surface area contributed by atoms with E-state index in [1.54, 1.807) is 0 Å². The second-order valence-corrected chi connectivity index (χ2v) is 14.6. The quantitative estimate of drug-likeness (QED) is 0.211. The van der Waals surface area contributed by atoms with Crippen LogP contribution in [-0.2, 0) is 5.41 Å². The molecule has 0 amide bonds. The van der Waals surface area contributed by atoms with Crippen molar-refractivity contribution in [2.24, 2.45) is 0 Å². The molecule has 6 aromatic rings. The third-order valence-corrected chi connectivity index (χ3v) is 12.3. The Labute approximate surface area is 210 Å². The van der Waals surface area contributed by atoms with Gasteiger partial charge in [-0.15, -0.1) is 45.3 Å². The molecule has 2 aromatic carbocycles. The van der Waals surface area contributed by atoms with E-state index >= 15 is 0 Å². The molecule has 1 aliphatic rings. The molecule has 164 valence electrons. The lowest BCUT2D eigenvalue weighted by Gasteiger charge is -2.18. The summed E-state index contributed by atoms with van der Waals surface area (Å²) in [5, 5.41) is 5.65. The Morgan fingerprint density at radius 1 is 0.515 bits per heavy atom. The zero-order valence-corrected chi connectivity index (χ0v) is 22.9. The lowest BCUT2D eigenvalue weighted by molar-refractivity contribution is 0.663. The molecule has 33 heavy (non-hydrogen) atoms. The number of rotatable bonds is 1. The fraction of sp³-hybridized carbons (Fsp3) is 0.241. The third-order valence-electron chi connectivity index (χ3n) is 7.39. The van der Waals surface area contributed by atoms with Crippen LogP contribution in [0.5, 0.6) is 0 Å². The Bertz CT molecular complexity index is 1780. The van der Waals surface area contributed by atoms with Crippen molar-refractivity contribution in [1.29, 1.82) is 0 Å². The first kappa shape index (κ1) is 20.4. The molecule has 0 radical (unpaired) electrons. The fourth-order valence-electron chi connectivity index (χ4n) is 5.46. The van der Waals surface area contributed by atoms with Gasteiger partial charge in [-0.05, 0) is 85.0 Å². The Kier molecular flexibility index (Phi) is 4.06. The molecule has 4 heterocycles. The van der Waals surface area contributed by atoms with Crippen LogP contribution in [0.3, 0.4) is 0 Å². The molecule has 1 aliphatic carbocycles. The van der Waals surface area contributed by atoms with Gasteiger partial charge in [0.25, 0.3) is 0 Å². The van der Waals surface area contributed by atoms with Gasteiger partial charge in [-0.1, -0.05) is 26.0 Å². The Morgan fingerprint density at radius 2 is 1.06 bits per heavy atom. The third kappa shape index (κ3) is 2.67. The minimum Gasteiger partial charge on any atom is -0.139 e. The molecule has 4 aromatic heterocycles. The highest BCUT2D eigenvalue weighted by Gasteiger charge is 2.39. The minimum absolute atomic E-state index is 0.0975. The molecule has 4 heteroatoms. The summed E-state index contributed by atoms with van der Waals surface area (Å²) in [6.07, 6.45) is 0. The first-order chi connectivity index (χ1) is 15.7. The predicted molar refractivity (Wildman–Crippen MR) is 152 cm³/mol. The molecule has 0 saturated heterocycles. The lowest BCUT2D eigenvalue weighted by Crippen LogP contribution is -2.13. The van der Waals surface area contributed by atoms with Crippen LogP contribution < -0.4 is 0 Å². The molecule has 0 spiro atoms. The van der Waals surface area contributed by atoms with Crippen molar-refractivity contribution >= 4 is 76.3 Å². The summed E-state index contributed by atoms with van der Waals surface area (Å²) in [5.74, 6) is 0. The zero-order chi connectivity index (χ0) is 22.8. The summed E-state index contributed by atoms with van der Waals surface area (Å²) in [5.41, 5.74) is 5.87. The SMILES string of the molecule is Cc1cc2c(s1)-c1sc(-c3cc4c5cc(C)c(C)cc5c5cc(C)sc5c4s3)cc1C2(C)C. The smallest absolute Gasteiger partial charge is 0.0534 e. The molecule has 0 atom stereocenters. The maximum atomic E-state index is 2.49. The van der Waals surface area contributed by atoms with Gasteiger partial charge in [0.2, 0.25) is 0 Å². The van der Waals surface area contributed by atoms with Crippen molar-refractivity contribution in [1.82, 2.24) is 0 Å². The first-order valence-electron chi connectivity index (χ1n) is 11.3. The largest absolute Gasteiger partial charge is 0.139 e. The topological polar surface area (TPSA) is 0 Å². The molecule has 0 N–H and O–H groups in total. The average Bonchev–Trinajstić information content (AvgIpc) is 3.52. The number of hydrogen-bond acceptors (Lipinski definition) is 4. The van der Waals surface area contributed by atoms with Gasteiger partial charge < -0.3 is 0 Å². The van der Waals surface area contributed by atoms with E-state index in [2.05, 4.69) is 77.9 Å². The minimum atomic E-state index is 0.0975.